The average molecular weight is 501 g/mol. The molecule has 0 aliphatic rings. The van der Waals surface area contributed by atoms with Crippen molar-refractivity contribution in [3.63, 3.8) is 0 Å². The van der Waals surface area contributed by atoms with Crippen molar-refractivity contribution in [2.24, 2.45) is 0 Å². The standard InChI is InChI=1S/C29H25ClN2O2S/c1-19-15-20(2)17-25(16-19)32-29(34)27(21-7-4-3-5-8-21)35-26-13-11-24(12-14-26)31-28(33)22-9-6-10-23(30)18-22/h3-18,27H,1-2H3,(H,31,33)(H,32,34). The molecule has 0 saturated heterocycles. The number of halogens is 1. The molecule has 1 atom stereocenters. The van der Waals surface area contributed by atoms with E-state index in [2.05, 4.69) is 16.7 Å². The Balaban J connectivity index is 1.50. The lowest BCUT2D eigenvalue weighted by Gasteiger charge is -2.18. The summed E-state index contributed by atoms with van der Waals surface area (Å²) in [4.78, 5) is 26.7. The van der Waals surface area contributed by atoms with Gasteiger partial charge in [-0.25, -0.2) is 0 Å². The number of carbonyl (C=O) groups is 2. The second-order valence-electron chi connectivity index (χ2n) is 8.26. The molecule has 4 aromatic rings. The van der Waals surface area contributed by atoms with E-state index in [0.29, 0.717) is 16.3 Å². The topological polar surface area (TPSA) is 58.2 Å². The van der Waals surface area contributed by atoms with Gasteiger partial charge in [-0.05, 0) is 85.1 Å². The first-order chi connectivity index (χ1) is 16.9. The van der Waals surface area contributed by atoms with Crippen molar-refractivity contribution in [2.45, 2.75) is 24.0 Å². The second kappa shape index (κ2) is 11.3. The van der Waals surface area contributed by atoms with E-state index in [1.165, 1.54) is 11.8 Å². The van der Waals surface area contributed by atoms with Crippen molar-refractivity contribution < 1.29 is 9.59 Å². The fourth-order valence-electron chi connectivity index (χ4n) is 3.74. The molecule has 35 heavy (non-hydrogen) atoms. The maximum Gasteiger partial charge on any atom is 0.255 e. The molecule has 0 aliphatic carbocycles. The van der Waals surface area contributed by atoms with Crippen molar-refractivity contribution >= 4 is 46.6 Å². The van der Waals surface area contributed by atoms with Gasteiger partial charge in [0.05, 0.1) is 0 Å². The molecule has 2 N–H and O–H groups in total. The Kier molecular flexibility index (Phi) is 7.91. The van der Waals surface area contributed by atoms with Crippen LogP contribution < -0.4 is 10.6 Å². The van der Waals surface area contributed by atoms with Gasteiger partial charge in [-0.15, -0.1) is 11.8 Å². The lowest BCUT2D eigenvalue weighted by Crippen LogP contribution is -2.19. The van der Waals surface area contributed by atoms with Gasteiger partial charge in [-0.1, -0.05) is 54.1 Å². The van der Waals surface area contributed by atoms with Gasteiger partial charge in [0.1, 0.15) is 5.25 Å². The minimum Gasteiger partial charge on any atom is -0.325 e. The number of nitrogens with one attached hydrogen (secondary N) is 2. The van der Waals surface area contributed by atoms with Gasteiger partial charge >= 0.3 is 0 Å². The molecule has 0 bridgehead atoms. The monoisotopic (exact) mass is 500 g/mol. The lowest BCUT2D eigenvalue weighted by atomic mass is 10.1. The predicted octanol–water partition coefficient (Wildman–Crippen LogP) is 7.68. The molecule has 4 nitrogen and oxygen atoms in total. The van der Waals surface area contributed by atoms with Crippen LogP contribution in [0.2, 0.25) is 5.02 Å². The molecule has 0 radical (unpaired) electrons. The first kappa shape index (κ1) is 24.6. The van der Waals surface area contributed by atoms with E-state index in [1.54, 1.807) is 24.3 Å². The molecule has 0 spiro atoms. The van der Waals surface area contributed by atoms with E-state index in [4.69, 9.17) is 11.6 Å². The fraction of sp³-hybridized carbons (Fsp3) is 0.103. The highest BCUT2D eigenvalue weighted by Gasteiger charge is 2.22. The molecule has 0 fully saturated rings. The van der Waals surface area contributed by atoms with Gasteiger partial charge in [0.25, 0.3) is 5.91 Å². The molecule has 4 rings (SSSR count). The third-order valence-corrected chi connectivity index (χ3v) is 6.78. The highest BCUT2D eigenvalue weighted by molar-refractivity contribution is 8.00. The molecule has 0 heterocycles. The molecule has 2 amide bonds. The summed E-state index contributed by atoms with van der Waals surface area (Å²) in [5.74, 6) is -0.326. The van der Waals surface area contributed by atoms with Gasteiger partial charge in [-0.3, -0.25) is 9.59 Å². The first-order valence-electron chi connectivity index (χ1n) is 11.1. The van der Waals surface area contributed by atoms with Crippen LogP contribution >= 0.6 is 23.4 Å². The number of rotatable bonds is 7. The maximum absolute atomic E-state index is 13.3. The Morgan fingerprint density at radius 1 is 0.743 bits per heavy atom. The summed E-state index contributed by atoms with van der Waals surface area (Å²) in [7, 11) is 0. The summed E-state index contributed by atoms with van der Waals surface area (Å²) in [6, 6.07) is 30.0. The number of hydrogen-bond donors (Lipinski definition) is 2. The molecular weight excluding hydrogens is 476 g/mol. The van der Waals surface area contributed by atoms with Gasteiger partial charge in [0.2, 0.25) is 5.91 Å². The average Bonchev–Trinajstić information content (AvgIpc) is 2.83. The van der Waals surface area contributed by atoms with E-state index in [0.717, 1.165) is 27.3 Å². The van der Waals surface area contributed by atoms with Crippen molar-refractivity contribution in [3.05, 3.63) is 124 Å². The van der Waals surface area contributed by atoms with E-state index in [9.17, 15) is 9.59 Å². The minimum atomic E-state index is -0.441. The van der Waals surface area contributed by atoms with Crippen molar-refractivity contribution in [1.29, 1.82) is 0 Å². The lowest BCUT2D eigenvalue weighted by molar-refractivity contribution is -0.115. The summed E-state index contributed by atoms with van der Waals surface area (Å²) >= 11 is 7.45. The number of amides is 2. The van der Waals surface area contributed by atoms with E-state index in [-0.39, 0.29) is 11.8 Å². The summed E-state index contributed by atoms with van der Waals surface area (Å²) in [6.45, 7) is 4.03. The zero-order valence-corrected chi connectivity index (χ0v) is 21.0. The molecule has 0 saturated carbocycles. The molecule has 4 aromatic carbocycles. The number of carbonyl (C=O) groups excluding carboxylic acids is 2. The highest BCUT2D eigenvalue weighted by atomic mass is 35.5. The number of aryl methyl sites for hydroxylation is 2. The number of hydrogen-bond acceptors (Lipinski definition) is 3. The van der Waals surface area contributed by atoms with Crippen LogP contribution in [0.4, 0.5) is 11.4 Å². The molecule has 1 unspecified atom stereocenters. The van der Waals surface area contributed by atoms with Crippen molar-refractivity contribution in [2.75, 3.05) is 10.6 Å². The molecular formula is C29H25ClN2O2S. The molecule has 6 heteroatoms. The third kappa shape index (κ3) is 6.75. The van der Waals surface area contributed by atoms with Crippen LogP contribution in [0.25, 0.3) is 0 Å². The van der Waals surface area contributed by atoms with Gasteiger partial charge < -0.3 is 10.6 Å². The van der Waals surface area contributed by atoms with Gasteiger partial charge in [-0.2, -0.15) is 0 Å². The molecule has 0 aromatic heterocycles. The number of thioether (sulfide) groups is 1. The maximum atomic E-state index is 13.3. The molecule has 0 aliphatic heterocycles. The van der Waals surface area contributed by atoms with Crippen molar-refractivity contribution in [1.82, 2.24) is 0 Å². The van der Waals surface area contributed by atoms with Crippen LogP contribution in [0.15, 0.2) is 102 Å². The Labute approximate surface area is 214 Å². The van der Waals surface area contributed by atoms with Crippen LogP contribution in [0, 0.1) is 13.8 Å². The Morgan fingerprint density at radius 3 is 2.09 bits per heavy atom. The van der Waals surface area contributed by atoms with E-state index in [1.807, 2.05) is 80.6 Å². The first-order valence-corrected chi connectivity index (χ1v) is 12.4. The summed E-state index contributed by atoms with van der Waals surface area (Å²) in [5, 5.41) is 6.02. The quantitative estimate of drug-likeness (QED) is 0.256. The predicted molar refractivity (Wildman–Crippen MR) is 145 cm³/mol. The van der Waals surface area contributed by atoms with E-state index >= 15 is 0 Å². The third-order valence-electron chi connectivity index (χ3n) is 5.28. The zero-order chi connectivity index (χ0) is 24.8. The fourth-order valence-corrected chi connectivity index (χ4v) is 4.96. The Hall–Kier alpha value is -3.54. The normalized spacial score (nSPS) is 11.5. The molecule has 176 valence electrons. The minimum absolute atomic E-state index is 0.0930. The summed E-state index contributed by atoms with van der Waals surface area (Å²) in [5.41, 5.74) is 5.04. The van der Waals surface area contributed by atoms with Gasteiger partial charge in [0.15, 0.2) is 0 Å². The Bertz CT molecular complexity index is 1320. The van der Waals surface area contributed by atoms with E-state index < -0.39 is 5.25 Å². The number of anilines is 2. The second-order valence-corrected chi connectivity index (χ2v) is 9.88. The van der Waals surface area contributed by atoms with Crippen LogP contribution in [0.3, 0.4) is 0 Å². The zero-order valence-electron chi connectivity index (χ0n) is 19.4. The SMILES string of the molecule is Cc1cc(C)cc(NC(=O)C(Sc2ccc(NC(=O)c3cccc(Cl)c3)cc2)c2ccccc2)c1. The Morgan fingerprint density at radius 2 is 1.43 bits per heavy atom. The van der Waals surface area contributed by atoms with Crippen LogP contribution in [0.1, 0.15) is 32.3 Å². The number of benzene rings is 4. The smallest absolute Gasteiger partial charge is 0.255 e. The summed E-state index contributed by atoms with van der Waals surface area (Å²) in [6.07, 6.45) is 0. The van der Waals surface area contributed by atoms with Crippen molar-refractivity contribution in [3.8, 4) is 0 Å². The highest BCUT2D eigenvalue weighted by Crippen LogP contribution is 2.37. The van der Waals surface area contributed by atoms with Crippen LogP contribution in [-0.2, 0) is 4.79 Å². The largest absolute Gasteiger partial charge is 0.325 e. The van der Waals surface area contributed by atoms with Crippen LogP contribution in [0.5, 0.6) is 0 Å². The summed E-state index contributed by atoms with van der Waals surface area (Å²) < 4.78 is 0. The van der Waals surface area contributed by atoms with Gasteiger partial charge in [0, 0.05) is 26.9 Å². The van der Waals surface area contributed by atoms with Crippen LogP contribution in [-0.4, -0.2) is 11.8 Å².